The number of ether oxygens (including phenoxy) is 4. The number of methoxy groups -OCH3 is 2. The van der Waals surface area contributed by atoms with E-state index in [-0.39, 0.29) is 45.7 Å². The maximum atomic E-state index is 16.3. The van der Waals surface area contributed by atoms with Crippen LogP contribution in [0, 0.1) is 23.3 Å². The Morgan fingerprint density at radius 1 is 0.649 bits per heavy atom. The molecule has 0 radical (unpaired) electrons. The van der Waals surface area contributed by atoms with Crippen LogP contribution in [-0.4, -0.2) is 40.6 Å². The monoisotopic (exact) mass is 552 g/mol. The summed E-state index contributed by atoms with van der Waals surface area (Å²) in [5.41, 5.74) is 0. The molecule has 0 spiro atoms. The first-order valence-electron chi connectivity index (χ1n) is 11.9. The molecule has 0 saturated carbocycles. The van der Waals surface area contributed by atoms with Gasteiger partial charge in [-0.2, -0.15) is 0 Å². The molecule has 2 aliphatic carbocycles. The first-order chi connectivity index (χ1) is 18.0. The van der Waals surface area contributed by atoms with E-state index in [4.69, 9.17) is 18.9 Å². The van der Waals surface area contributed by atoms with E-state index >= 15 is 17.6 Å². The molecule has 4 rings (SSSR count). The fourth-order valence-corrected chi connectivity index (χ4v) is 13.1. The number of rotatable bonds is 12. The van der Waals surface area contributed by atoms with Gasteiger partial charge in [-0.3, -0.25) is 0 Å². The van der Waals surface area contributed by atoms with Crippen LogP contribution in [0.2, 0.25) is 0 Å². The molecule has 0 fully saturated rings. The Morgan fingerprint density at radius 3 is 1.43 bits per heavy atom. The molecular weight excluding hydrogens is 524 g/mol. The molecule has 9 heteroatoms. The van der Waals surface area contributed by atoms with Crippen molar-refractivity contribution in [3.8, 4) is 11.5 Å². The molecule has 37 heavy (non-hydrogen) atoms. The first-order valence-corrected chi connectivity index (χ1v) is 15.0. The maximum absolute atomic E-state index is 16.3. The number of hydrogen-bond acceptors (Lipinski definition) is 4. The van der Waals surface area contributed by atoms with Crippen molar-refractivity contribution in [2.45, 2.75) is 12.8 Å². The molecule has 4 nitrogen and oxygen atoms in total. The molecule has 0 aliphatic heterocycles. The third-order valence-electron chi connectivity index (χ3n) is 6.46. The zero-order valence-corrected chi connectivity index (χ0v) is 22.2. The molecule has 2 aliphatic rings. The fraction of sp³-hybridized carbons (Fsp3) is 0.286. The Bertz CT molecular complexity index is 1170. The molecule has 0 unspecified atom stereocenters. The van der Waals surface area contributed by atoms with Crippen LogP contribution < -0.4 is 17.2 Å². The van der Waals surface area contributed by atoms with Crippen LogP contribution in [-0.2, 0) is 26.1 Å². The predicted molar refractivity (Wildman–Crippen MR) is 130 cm³/mol. The predicted octanol–water partition coefficient (Wildman–Crippen LogP) is 5.09. The minimum atomic E-state index is -4.91. The number of allylic oxidation sites excluding steroid dienone is 8. The zero-order valence-electron chi connectivity index (χ0n) is 20.7. The van der Waals surface area contributed by atoms with E-state index in [9.17, 15) is 0 Å². The van der Waals surface area contributed by atoms with Gasteiger partial charge in [0.2, 0.25) is 0 Å². The first kappa shape index (κ1) is 27.4. The molecule has 0 aromatic heterocycles. The third-order valence-corrected chi connectivity index (χ3v) is 14.4. The van der Waals surface area contributed by atoms with E-state index in [0.29, 0.717) is 20.6 Å². The van der Waals surface area contributed by atoms with E-state index in [1.165, 1.54) is 26.4 Å². The summed E-state index contributed by atoms with van der Waals surface area (Å²) in [4.78, 5) is 0. The van der Waals surface area contributed by atoms with Gasteiger partial charge in [0, 0.05) is 0 Å². The molecular formula is C28H28F4O4Ti. The van der Waals surface area contributed by atoms with Crippen molar-refractivity contribution in [2.24, 2.45) is 0 Å². The Kier molecular flexibility index (Phi) is 9.08. The van der Waals surface area contributed by atoms with Gasteiger partial charge in [-0.1, -0.05) is 0 Å². The second kappa shape index (κ2) is 12.3. The van der Waals surface area contributed by atoms with Crippen LogP contribution in [0.3, 0.4) is 0 Å². The summed E-state index contributed by atoms with van der Waals surface area (Å²) in [6, 6.07) is 4.58. The quantitative estimate of drug-likeness (QED) is 0.209. The van der Waals surface area contributed by atoms with E-state index in [1.807, 2.05) is 12.2 Å². The van der Waals surface area contributed by atoms with Gasteiger partial charge in [-0.05, 0) is 0 Å². The fourth-order valence-electron chi connectivity index (χ4n) is 4.87. The molecule has 0 atom stereocenters. The van der Waals surface area contributed by atoms with Crippen molar-refractivity contribution in [2.75, 3.05) is 40.6 Å². The Morgan fingerprint density at radius 2 is 1.08 bits per heavy atom. The molecule has 196 valence electrons. The van der Waals surface area contributed by atoms with Crippen molar-refractivity contribution in [3.05, 3.63) is 91.7 Å². The molecule has 0 bridgehead atoms. The summed E-state index contributed by atoms with van der Waals surface area (Å²) in [5.74, 6) is -4.06. The van der Waals surface area contributed by atoms with Gasteiger partial charge < -0.3 is 0 Å². The minimum absolute atomic E-state index is 0.0263. The van der Waals surface area contributed by atoms with Crippen molar-refractivity contribution >= 4 is 7.74 Å². The zero-order chi connectivity index (χ0) is 26.4. The number of halogens is 4. The molecule has 2 aromatic rings. The van der Waals surface area contributed by atoms with Crippen LogP contribution in [0.4, 0.5) is 17.6 Å². The summed E-state index contributed by atoms with van der Waals surface area (Å²) < 4.78 is 85.9. The Balaban J connectivity index is 2.04. The van der Waals surface area contributed by atoms with E-state index < -0.39 is 39.9 Å². The van der Waals surface area contributed by atoms with Crippen molar-refractivity contribution < 1.29 is 53.1 Å². The van der Waals surface area contributed by atoms with Crippen LogP contribution in [0.25, 0.3) is 0 Å². The van der Waals surface area contributed by atoms with Gasteiger partial charge >= 0.3 is 218 Å². The molecule has 0 N–H and O–H groups in total. The van der Waals surface area contributed by atoms with Gasteiger partial charge in [0.1, 0.15) is 0 Å². The van der Waals surface area contributed by atoms with Gasteiger partial charge in [0.05, 0.1) is 0 Å². The molecule has 2 aromatic carbocycles. The molecule has 0 heterocycles. The van der Waals surface area contributed by atoms with Crippen molar-refractivity contribution in [1.29, 1.82) is 0 Å². The van der Waals surface area contributed by atoms with Gasteiger partial charge in [0.15, 0.2) is 0 Å². The summed E-state index contributed by atoms with van der Waals surface area (Å²) in [7, 11) is 2.95. The van der Waals surface area contributed by atoms with Crippen LogP contribution in [0.5, 0.6) is 11.5 Å². The summed E-state index contributed by atoms with van der Waals surface area (Å²) in [5, 5.41) is 0. The van der Waals surface area contributed by atoms with Gasteiger partial charge in [-0.25, -0.2) is 0 Å². The van der Waals surface area contributed by atoms with Gasteiger partial charge in [-0.15, -0.1) is 0 Å². The van der Waals surface area contributed by atoms with Crippen molar-refractivity contribution in [3.63, 3.8) is 0 Å². The number of hydrogen-bond donors (Lipinski definition) is 0. The van der Waals surface area contributed by atoms with Crippen LogP contribution in [0.15, 0.2) is 68.5 Å². The molecule has 0 saturated heterocycles. The second-order valence-electron chi connectivity index (χ2n) is 8.55. The van der Waals surface area contributed by atoms with E-state index in [2.05, 4.69) is 0 Å². The average Bonchev–Trinajstić information content (AvgIpc) is 3.61. The van der Waals surface area contributed by atoms with E-state index in [0.717, 1.165) is 12.1 Å². The Labute approximate surface area is 217 Å². The average molecular weight is 552 g/mol. The van der Waals surface area contributed by atoms with Crippen molar-refractivity contribution in [1.82, 2.24) is 0 Å². The molecule has 0 amide bonds. The van der Waals surface area contributed by atoms with Crippen LogP contribution >= 0.6 is 0 Å². The summed E-state index contributed by atoms with van der Waals surface area (Å²) in [6.45, 7) is 0.428. The summed E-state index contributed by atoms with van der Waals surface area (Å²) in [6.07, 6.45) is 11.2. The van der Waals surface area contributed by atoms with E-state index in [1.54, 1.807) is 24.3 Å². The normalized spacial score (nSPS) is 14.8. The topological polar surface area (TPSA) is 36.9 Å². The number of benzene rings is 2. The third kappa shape index (κ3) is 5.21. The van der Waals surface area contributed by atoms with Gasteiger partial charge in [0.25, 0.3) is 0 Å². The Hall–Kier alpha value is -2.65. The standard InChI is InChI=1S/2C9H9F2O2.2C5H5.Ti/c2*1-12-4-5-13-9-3-2-7(10)6-8(9)11;2*1-2-4-5-3-1;/h2*2-3H,4-5H2,1H3;2*1-3H,4H2;. The SMILES string of the molecule is COCCOc1ccc(F)[c]([Ti]([C]2=CC=CC2)([C]2=CC=CC2)[c]2c(F)ccc(OCCOC)c2F)c1F. The summed E-state index contributed by atoms with van der Waals surface area (Å²) >= 11 is -4.91. The van der Waals surface area contributed by atoms with Crippen LogP contribution in [0.1, 0.15) is 12.8 Å². The second-order valence-corrected chi connectivity index (χ2v) is 14.5.